The number of imide groups is 1. The molecule has 1 fully saturated rings. The van der Waals surface area contributed by atoms with Gasteiger partial charge in [-0.15, -0.1) is 10.1 Å². The molecule has 0 bridgehead atoms. The Morgan fingerprint density at radius 1 is 1.24 bits per heavy atom. The predicted octanol–water partition coefficient (Wildman–Crippen LogP) is -0.240. The molecule has 0 aromatic heterocycles. The van der Waals surface area contributed by atoms with Gasteiger partial charge in [-0.25, -0.2) is 9.37 Å². The second-order valence-corrected chi connectivity index (χ2v) is 7.54. The number of rotatable bonds is 3. The number of carbonyl (C=O) groups excluding carboxylic acids is 2. The summed E-state index contributed by atoms with van der Waals surface area (Å²) in [4.78, 5) is 32.0. The molecule has 1 atom stereocenters. The summed E-state index contributed by atoms with van der Waals surface area (Å²) in [7, 11) is 3.11. The molecule has 0 radical (unpaired) electrons. The summed E-state index contributed by atoms with van der Waals surface area (Å²) in [6, 6.07) is -1.01. The third-order valence-electron chi connectivity index (χ3n) is 4.70. The van der Waals surface area contributed by atoms with Gasteiger partial charge in [0.05, 0.1) is 12.3 Å². The highest BCUT2D eigenvalue weighted by Crippen LogP contribution is 2.26. The van der Waals surface area contributed by atoms with Crippen LogP contribution in [0.3, 0.4) is 0 Å². The first-order chi connectivity index (χ1) is 11.7. The van der Waals surface area contributed by atoms with Crippen molar-refractivity contribution in [3.8, 4) is 0 Å². The molecule has 0 spiro atoms. The summed E-state index contributed by atoms with van der Waals surface area (Å²) in [5.41, 5.74) is 0.762. The third-order valence-corrected chi connectivity index (χ3v) is 4.70. The zero-order valence-corrected chi connectivity index (χ0v) is 15.4. The van der Waals surface area contributed by atoms with E-state index in [0.29, 0.717) is 31.3 Å². The second kappa shape index (κ2) is 5.91. The van der Waals surface area contributed by atoms with E-state index in [4.69, 9.17) is 5.10 Å². The normalized spacial score (nSPS) is 23.8. The minimum absolute atomic E-state index is 0.0458. The Morgan fingerprint density at radius 3 is 2.52 bits per heavy atom. The van der Waals surface area contributed by atoms with Crippen LogP contribution in [0.25, 0.3) is 0 Å². The van der Waals surface area contributed by atoms with Crippen molar-refractivity contribution in [2.75, 3.05) is 33.8 Å². The van der Waals surface area contributed by atoms with Crippen LogP contribution in [-0.2, 0) is 4.79 Å². The summed E-state index contributed by atoms with van der Waals surface area (Å²) >= 11 is 0. The van der Waals surface area contributed by atoms with Crippen LogP contribution < -0.4 is 0 Å². The number of carbonyl (C=O) groups is 2. The molecular weight excluding hydrogens is 324 g/mol. The van der Waals surface area contributed by atoms with Crippen molar-refractivity contribution >= 4 is 29.4 Å². The molecule has 3 heterocycles. The van der Waals surface area contributed by atoms with E-state index in [1.165, 1.54) is 11.9 Å². The number of hydrazone groups is 1. The standard InChI is InChI=1S/C16H25N6O3/c1-16(2,3)10-9-21-11-12(19(4)15(25)20(5)13(11)24)17-14(21)22(18-10)7-6-8-23/h11,23H,6-9H2,1-5H3/q+1. The lowest BCUT2D eigenvalue weighted by molar-refractivity contribution is -0.528. The van der Waals surface area contributed by atoms with Crippen LogP contribution in [0, 0.1) is 5.41 Å². The van der Waals surface area contributed by atoms with Crippen molar-refractivity contribution in [1.82, 2.24) is 14.8 Å². The summed E-state index contributed by atoms with van der Waals surface area (Å²) < 4.78 is 1.90. The first kappa shape index (κ1) is 17.5. The molecule has 0 saturated carbocycles. The average molecular weight is 349 g/mol. The molecule has 9 nitrogen and oxygen atoms in total. The van der Waals surface area contributed by atoms with Gasteiger partial charge < -0.3 is 5.11 Å². The number of urea groups is 1. The van der Waals surface area contributed by atoms with Crippen molar-refractivity contribution in [3.63, 3.8) is 0 Å². The summed E-state index contributed by atoms with van der Waals surface area (Å²) in [6.45, 7) is 7.24. The van der Waals surface area contributed by atoms with Gasteiger partial charge >= 0.3 is 12.0 Å². The first-order valence-electron chi connectivity index (χ1n) is 8.40. The molecule has 25 heavy (non-hydrogen) atoms. The number of aliphatic hydroxyl groups is 1. The van der Waals surface area contributed by atoms with Gasteiger partial charge in [0.15, 0.2) is 0 Å². The fraction of sp³-hybridized carbons (Fsp3) is 0.688. The average Bonchev–Trinajstić information content (AvgIpc) is 2.94. The Labute approximate surface area is 146 Å². The third kappa shape index (κ3) is 2.72. The molecule has 9 heteroatoms. The van der Waals surface area contributed by atoms with Crippen molar-refractivity contribution in [3.05, 3.63) is 0 Å². The number of hydrogen-bond donors (Lipinski definition) is 1. The Kier molecular flexibility index (Phi) is 4.14. The van der Waals surface area contributed by atoms with Crippen molar-refractivity contribution in [2.45, 2.75) is 33.2 Å². The van der Waals surface area contributed by atoms with Gasteiger partial charge in [-0.3, -0.25) is 14.6 Å². The topological polar surface area (TPSA) is 91.8 Å². The van der Waals surface area contributed by atoms with Crippen LogP contribution in [0.5, 0.6) is 0 Å². The highest BCUT2D eigenvalue weighted by molar-refractivity contribution is 6.23. The number of fused-ring (bicyclic) bond motifs is 2. The molecule has 1 N–H and O–H groups in total. The van der Waals surface area contributed by atoms with E-state index in [0.717, 1.165) is 10.6 Å². The van der Waals surface area contributed by atoms with Gasteiger partial charge in [-0.05, 0) is 0 Å². The number of likely N-dealkylation sites (N-methyl/N-ethyl adjacent to an activating group) is 2. The van der Waals surface area contributed by atoms with Gasteiger partial charge in [0.2, 0.25) is 11.9 Å². The maximum atomic E-state index is 12.7. The summed E-state index contributed by atoms with van der Waals surface area (Å²) in [6.07, 6.45) is 0.538. The van der Waals surface area contributed by atoms with Crippen molar-refractivity contribution < 1.29 is 19.3 Å². The Hall–Kier alpha value is -2.29. The number of aliphatic imine (C=N–C) groups is 1. The summed E-state index contributed by atoms with van der Waals surface area (Å²) in [5.74, 6) is 0.710. The van der Waals surface area contributed by atoms with Crippen LogP contribution in [-0.4, -0.2) is 93.8 Å². The molecule has 1 unspecified atom stereocenters. The van der Waals surface area contributed by atoms with Crippen molar-refractivity contribution in [2.24, 2.45) is 15.5 Å². The molecule has 0 aromatic rings. The Morgan fingerprint density at radius 2 is 1.92 bits per heavy atom. The molecule has 3 aliphatic heterocycles. The molecule has 0 aromatic carbocycles. The zero-order chi connectivity index (χ0) is 18.5. The largest absolute Gasteiger partial charge is 0.416 e. The molecule has 3 rings (SSSR count). The number of nitrogens with zero attached hydrogens (tertiary/aromatic N) is 6. The van der Waals surface area contributed by atoms with E-state index in [1.807, 2.05) is 4.58 Å². The SMILES string of the molecule is CN1C(=O)C2C(=NC3=[N+]2CC(C(C)(C)C)=NN3CCCO)N(C)C1=O. The second-order valence-electron chi connectivity index (χ2n) is 7.54. The fourth-order valence-corrected chi connectivity index (χ4v) is 3.09. The number of guanidine groups is 1. The molecule has 1 saturated heterocycles. The Balaban J connectivity index is 2.03. The van der Waals surface area contributed by atoms with Gasteiger partial charge in [0, 0.05) is 32.5 Å². The lowest BCUT2D eigenvalue weighted by atomic mass is 9.89. The number of aliphatic hydroxyl groups excluding tert-OH is 1. The Bertz CT molecular complexity index is 718. The van der Waals surface area contributed by atoms with Crippen LogP contribution in [0.4, 0.5) is 4.79 Å². The van der Waals surface area contributed by atoms with Gasteiger partial charge in [0.1, 0.15) is 6.54 Å². The highest BCUT2D eigenvalue weighted by Gasteiger charge is 2.54. The van der Waals surface area contributed by atoms with Crippen LogP contribution in [0.1, 0.15) is 27.2 Å². The van der Waals surface area contributed by atoms with Gasteiger partial charge in [-0.1, -0.05) is 25.8 Å². The number of amides is 3. The van der Waals surface area contributed by atoms with E-state index in [9.17, 15) is 14.7 Å². The maximum Gasteiger partial charge on any atom is 0.416 e. The minimum atomic E-state index is -0.618. The lowest BCUT2D eigenvalue weighted by Crippen LogP contribution is -2.62. The quantitative estimate of drug-likeness (QED) is 0.712. The van der Waals surface area contributed by atoms with Gasteiger partial charge in [0.25, 0.3) is 5.91 Å². The number of amidine groups is 1. The molecule has 3 amide bonds. The predicted molar refractivity (Wildman–Crippen MR) is 92.6 cm³/mol. The van der Waals surface area contributed by atoms with E-state index in [2.05, 4.69) is 25.8 Å². The van der Waals surface area contributed by atoms with Crippen LogP contribution >= 0.6 is 0 Å². The molecule has 136 valence electrons. The molecule has 3 aliphatic rings. The zero-order valence-electron chi connectivity index (χ0n) is 15.4. The molecular formula is C16H25N6O3+. The fourth-order valence-electron chi connectivity index (χ4n) is 3.09. The van der Waals surface area contributed by atoms with E-state index in [1.54, 1.807) is 12.1 Å². The first-order valence-corrected chi connectivity index (χ1v) is 8.40. The lowest BCUT2D eigenvalue weighted by Gasteiger charge is -2.33. The van der Waals surface area contributed by atoms with Crippen LogP contribution in [0.2, 0.25) is 0 Å². The van der Waals surface area contributed by atoms with E-state index >= 15 is 0 Å². The van der Waals surface area contributed by atoms with E-state index in [-0.39, 0.29) is 24.0 Å². The van der Waals surface area contributed by atoms with Crippen LogP contribution in [0.15, 0.2) is 10.1 Å². The van der Waals surface area contributed by atoms with Crippen molar-refractivity contribution in [1.29, 1.82) is 0 Å². The van der Waals surface area contributed by atoms with Gasteiger partial charge in [-0.2, -0.15) is 0 Å². The highest BCUT2D eigenvalue weighted by atomic mass is 16.3. The monoisotopic (exact) mass is 349 g/mol. The maximum absolute atomic E-state index is 12.7. The minimum Gasteiger partial charge on any atom is -0.396 e. The van der Waals surface area contributed by atoms with E-state index < -0.39 is 6.04 Å². The molecule has 0 aliphatic carbocycles. The smallest absolute Gasteiger partial charge is 0.396 e. The number of hydrogen-bond acceptors (Lipinski definition) is 6. The summed E-state index contributed by atoms with van der Waals surface area (Å²) in [5, 5.41) is 15.6.